The average molecular weight is 380 g/mol. The van der Waals surface area contributed by atoms with Gasteiger partial charge in [0, 0.05) is 37.0 Å². The highest BCUT2D eigenvalue weighted by Crippen LogP contribution is 2.28. The lowest BCUT2D eigenvalue weighted by molar-refractivity contribution is -0.135. The van der Waals surface area contributed by atoms with Crippen molar-refractivity contribution in [1.82, 2.24) is 19.4 Å². The molecule has 0 atom stereocenters. The van der Waals surface area contributed by atoms with Gasteiger partial charge in [0.15, 0.2) is 0 Å². The van der Waals surface area contributed by atoms with E-state index in [0.29, 0.717) is 24.6 Å². The van der Waals surface area contributed by atoms with Crippen LogP contribution in [0.2, 0.25) is 0 Å². The zero-order valence-electron chi connectivity index (χ0n) is 15.9. The fraction of sp³-hybridized carbons (Fsp3) is 0.381. The molecule has 1 amide bonds. The Morgan fingerprint density at radius 1 is 1.29 bits per heavy atom. The Balaban J connectivity index is 1.65. The fourth-order valence-electron chi connectivity index (χ4n) is 3.93. The third kappa shape index (κ3) is 3.45. The van der Waals surface area contributed by atoms with Crippen molar-refractivity contribution < 1.29 is 9.90 Å². The number of nitrogens with one attached hydrogen (secondary N) is 1. The summed E-state index contributed by atoms with van der Waals surface area (Å²) in [5.74, 6) is 1.06. The van der Waals surface area contributed by atoms with Crippen LogP contribution >= 0.6 is 0 Å². The molecule has 1 aromatic carbocycles. The number of imidazole rings is 1. The third-order valence-corrected chi connectivity index (χ3v) is 5.54. The van der Waals surface area contributed by atoms with Gasteiger partial charge in [0.1, 0.15) is 12.4 Å². The second-order valence-electron chi connectivity index (χ2n) is 7.42. The molecule has 3 aromatic rings. The van der Waals surface area contributed by atoms with Gasteiger partial charge in [0.05, 0.1) is 11.0 Å². The summed E-state index contributed by atoms with van der Waals surface area (Å²) in [6.45, 7) is 3.51. The Bertz CT molecular complexity index is 1060. The summed E-state index contributed by atoms with van der Waals surface area (Å²) in [4.78, 5) is 32.8. The van der Waals surface area contributed by atoms with E-state index in [1.54, 1.807) is 18.0 Å². The van der Waals surface area contributed by atoms with E-state index in [1.807, 2.05) is 24.3 Å². The summed E-state index contributed by atoms with van der Waals surface area (Å²) < 4.78 is 2.22. The predicted molar refractivity (Wildman–Crippen MR) is 107 cm³/mol. The first-order chi connectivity index (χ1) is 13.6. The molecule has 0 saturated carbocycles. The van der Waals surface area contributed by atoms with Crippen molar-refractivity contribution in [3.8, 4) is 11.4 Å². The Morgan fingerprint density at radius 3 is 2.75 bits per heavy atom. The van der Waals surface area contributed by atoms with Gasteiger partial charge in [-0.15, -0.1) is 0 Å². The van der Waals surface area contributed by atoms with Crippen LogP contribution in [0.25, 0.3) is 22.4 Å². The Kier molecular flexibility index (Phi) is 5.00. The summed E-state index contributed by atoms with van der Waals surface area (Å²) in [5, 5.41) is 9.05. The van der Waals surface area contributed by atoms with Gasteiger partial charge in [-0.1, -0.05) is 12.1 Å². The molecular formula is C21H24N4O3. The standard InChI is InChI=1S/C21H24N4O3/c1-14-10-16(11-22-21(14)28)20-23-17-4-2-3-5-18(17)25(20)12-15-6-8-24(9-7-15)19(27)13-26/h2-5,10-11,15,26H,6-9,12-13H2,1H3,(H,22,28). The quantitative estimate of drug-likeness (QED) is 0.724. The van der Waals surface area contributed by atoms with E-state index in [1.165, 1.54) is 0 Å². The molecule has 0 aliphatic carbocycles. The highest BCUT2D eigenvalue weighted by molar-refractivity contribution is 5.80. The largest absolute Gasteiger partial charge is 0.387 e. The molecule has 2 N–H and O–H groups in total. The average Bonchev–Trinajstić information content (AvgIpc) is 3.08. The van der Waals surface area contributed by atoms with Crippen LogP contribution in [-0.2, 0) is 11.3 Å². The zero-order chi connectivity index (χ0) is 19.7. The van der Waals surface area contributed by atoms with Crippen molar-refractivity contribution in [2.75, 3.05) is 19.7 Å². The molecule has 146 valence electrons. The minimum Gasteiger partial charge on any atom is -0.387 e. The van der Waals surface area contributed by atoms with Gasteiger partial charge in [-0.05, 0) is 43.9 Å². The van der Waals surface area contributed by atoms with Crippen molar-refractivity contribution in [3.63, 3.8) is 0 Å². The summed E-state index contributed by atoms with van der Waals surface area (Å²) in [7, 11) is 0. The number of carbonyl (C=O) groups is 1. The molecule has 1 saturated heterocycles. The maximum atomic E-state index is 11.8. The molecule has 1 aliphatic heterocycles. The first-order valence-electron chi connectivity index (χ1n) is 9.60. The molecule has 0 bridgehead atoms. The number of amides is 1. The maximum absolute atomic E-state index is 11.8. The molecule has 4 rings (SSSR count). The fourth-order valence-corrected chi connectivity index (χ4v) is 3.93. The predicted octanol–water partition coefficient (Wildman–Crippen LogP) is 1.93. The summed E-state index contributed by atoms with van der Waals surface area (Å²) in [6, 6.07) is 9.91. The molecule has 0 unspecified atom stereocenters. The van der Waals surface area contributed by atoms with Gasteiger partial charge < -0.3 is 19.6 Å². The lowest BCUT2D eigenvalue weighted by Crippen LogP contribution is -2.40. The molecule has 1 fully saturated rings. The Hall–Kier alpha value is -2.93. The Labute approximate surface area is 162 Å². The minimum absolute atomic E-state index is 0.0904. The molecule has 0 spiro atoms. The van der Waals surface area contributed by atoms with Crippen LogP contribution < -0.4 is 5.56 Å². The second-order valence-corrected chi connectivity index (χ2v) is 7.42. The number of rotatable bonds is 4. The van der Waals surface area contributed by atoms with E-state index in [9.17, 15) is 9.59 Å². The van der Waals surface area contributed by atoms with Crippen molar-refractivity contribution in [2.24, 2.45) is 5.92 Å². The lowest BCUT2D eigenvalue weighted by Gasteiger charge is -2.32. The Morgan fingerprint density at radius 2 is 2.04 bits per heavy atom. The van der Waals surface area contributed by atoms with Crippen molar-refractivity contribution in [1.29, 1.82) is 0 Å². The van der Waals surface area contributed by atoms with E-state index >= 15 is 0 Å². The first kappa shape index (κ1) is 18.4. The first-order valence-corrected chi connectivity index (χ1v) is 9.60. The number of H-pyrrole nitrogens is 1. The number of aliphatic hydroxyl groups excluding tert-OH is 1. The number of hydrogen-bond acceptors (Lipinski definition) is 4. The van der Waals surface area contributed by atoms with Gasteiger partial charge >= 0.3 is 0 Å². The van der Waals surface area contributed by atoms with Crippen LogP contribution in [-0.4, -0.2) is 50.1 Å². The van der Waals surface area contributed by atoms with Crippen molar-refractivity contribution >= 4 is 16.9 Å². The SMILES string of the molecule is Cc1cc(-c2nc3ccccc3n2CC2CCN(C(=O)CO)CC2)c[nH]c1=O. The van der Waals surface area contributed by atoms with Crippen LogP contribution in [0.4, 0.5) is 0 Å². The molecule has 1 aliphatic rings. The number of piperidine rings is 1. The smallest absolute Gasteiger partial charge is 0.250 e. The van der Waals surface area contributed by atoms with Gasteiger partial charge in [-0.3, -0.25) is 9.59 Å². The molecule has 3 heterocycles. The molecular weight excluding hydrogens is 356 g/mol. The van der Waals surface area contributed by atoms with E-state index < -0.39 is 6.61 Å². The number of carbonyl (C=O) groups excluding carboxylic acids is 1. The number of hydrogen-bond donors (Lipinski definition) is 2. The summed E-state index contributed by atoms with van der Waals surface area (Å²) >= 11 is 0. The number of nitrogens with zero attached hydrogens (tertiary/aromatic N) is 3. The number of likely N-dealkylation sites (tertiary alicyclic amines) is 1. The zero-order valence-corrected chi connectivity index (χ0v) is 15.9. The molecule has 0 radical (unpaired) electrons. The number of fused-ring (bicyclic) bond motifs is 1. The molecule has 2 aromatic heterocycles. The number of aliphatic hydroxyl groups is 1. The highest BCUT2D eigenvalue weighted by atomic mass is 16.3. The summed E-state index contributed by atoms with van der Waals surface area (Å²) in [5.41, 5.74) is 3.45. The number of pyridine rings is 1. The van der Waals surface area contributed by atoms with E-state index in [0.717, 1.165) is 41.8 Å². The van der Waals surface area contributed by atoms with Gasteiger partial charge in [-0.25, -0.2) is 4.98 Å². The van der Waals surface area contributed by atoms with Crippen LogP contribution in [0.15, 0.2) is 41.3 Å². The van der Waals surface area contributed by atoms with Crippen molar-refractivity contribution in [3.05, 3.63) is 52.4 Å². The highest BCUT2D eigenvalue weighted by Gasteiger charge is 2.24. The monoisotopic (exact) mass is 380 g/mol. The van der Waals surface area contributed by atoms with Gasteiger partial charge in [0.25, 0.3) is 5.56 Å². The number of aromatic amines is 1. The van der Waals surface area contributed by atoms with Gasteiger partial charge in [0.2, 0.25) is 5.91 Å². The molecule has 28 heavy (non-hydrogen) atoms. The van der Waals surface area contributed by atoms with Crippen molar-refractivity contribution in [2.45, 2.75) is 26.3 Å². The topological polar surface area (TPSA) is 91.2 Å². The normalized spacial score (nSPS) is 15.3. The number of benzene rings is 1. The van der Waals surface area contributed by atoms with E-state index in [2.05, 4.69) is 15.6 Å². The second kappa shape index (κ2) is 7.59. The maximum Gasteiger partial charge on any atom is 0.250 e. The van der Waals surface area contributed by atoms with E-state index in [4.69, 9.17) is 10.1 Å². The number of aryl methyl sites for hydroxylation is 1. The minimum atomic E-state index is -0.424. The summed E-state index contributed by atoms with van der Waals surface area (Å²) in [6.07, 6.45) is 3.50. The van der Waals surface area contributed by atoms with Crippen LogP contribution in [0, 0.1) is 12.8 Å². The van der Waals surface area contributed by atoms with E-state index in [-0.39, 0.29) is 11.5 Å². The third-order valence-electron chi connectivity index (χ3n) is 5.54. The molecule has 7 heteroatoms. The molecule has 7 nitrogen and oxygen atoms in total. The van der Waals surface area contributed by atoms with Gasteiger partial charge in [-0.2, -0.15) is 0 Å². The number of aromatic nitrogens is 3. The van der Waals surface area contributed by atoms with Crippen LogP contribution in [0.1, 0.15) is 18.4 Å². The lowest BCUT2D eigenvalue weighted by atomic mass is 9.96. The van der Waals surface area contributed by atoms with Crippen LogP contribution in [0.5, 0.6) is 0 Å². The van der Waals surface area contributed by atoms with Crippen LogP contribution in [0.3, 0.4) is 0 Å². The number of para-hydroxylation sites is 2.